The fourth-order valence-electron chi connectivity index (χ4n) is 3.70. The maximum absolute atomic E-state index is 5.69. The Hall–Kier alpha value is -3.35. The molecule has 0 radical (unpaired) electrons. The minimum absolute atomic E-state index is 0.567. The van der Waals surface area contributed by atoms with E-state index in [1.807, 2.05) is 30.5 Å². The molecule has 0 atom stereocenters. The van der Waals surface area contributed by atoms with E-state index in [2.05, 4.69) is 38.2 Å². The molecule has 5 rings (SSSR count). The molecule has 2 aliphatic heterocycles. The van der Waals surface area contributed by atoms with E-state index in [1.54, 1.807) is 6.33 Å². The zero-order valence-corrected chi connectivity index (χ0v) is 15.7. The molecular formula is C21H21N5O2. The van der Waals surface area contributed by atoms with Gasteiger partial charge in [0.1, 0.15) is 31.2 Å². The molecule has 1 aromatic carbocycles. The van der Waals surface area contributed by atoms with Crippen molar-refractivity contribution in [3.05, 3.63) is 59.7 Å². The van der Waals surface area contributed by atoms with Crippen molar-refractivity contribution in [1.82, 2.24) is 15.0 Å². The van der Waals surface area contributed by atoms with Crippen molar-refractivity contribution in [3.8, 4) is 11.5 Å². The summed E-state index contributed by atoms with van der Waals surface area (Å²) in [5.74, 6) is 3.37. The number of benzene rings is 1. The molecule has 0 aliphatic carbocycles. The number of anilines is 3. The minimum atomic E-state index is 0.567. The Morgan fingerprint density at radius 1 is 1.04 bits per heavy atom. The molecule has 4 heterocycles. The average molecular weight is 375 g/mol. The SMILES string of the molecule is Cc1cccnc1N1CCc2ncnc(Nc3ccc4c(c3)OCCO4)c2C1. The van der Waals surface area contributed by atoms with Crippen LogP contribution in [-0.2, 0) is 13.0 Å². The fourth-order valence-corrected chi connectivity index (χ4v) is 3.70. The van der Waals surface area contributed by atoms with Crippen molar-refractivity contribution in [2.45, 2.75) is 19.9 Å². The van der Waals surface area contributed by atoms with E-state index >= 15 is 0 Å². The first-order valence-electron chi connectivity index (χ1n) is 9.44. The summed E-state index contributed by atoms with van der Waals surface area (Å²) >= 11 is 0. The molecule has 7 heteroatoms. The van der Waals surface area contributed by atoms with E-state index in [0.717, 1.165) is 59.6 Å². The topological polar surface area (TPSA) is 72.4 Å². The van der Waals surface area contributed by atoms with Crippen LogP contribution < -0.4 is 19.7 Å². The van der Waals surface area contributed by atoms with Crippen molar-refractivity contribution in [2.24, 2.45) is 0 Å². The summed E-state index contributed by atoms with van der Waals surface area (Å²) in [6.45, 7) is 4.86. The molecule has 1 N–H and O–H groups in total. The van der Waals surface area contributed by atoms with E-state index in [4.69, 9.17) is 9.47 Å². The van der Waals surface area contributed by atoms with Crippen molar-refractivity contribution in [3.63, 3.8) is 0 Å². The second kappa shape index (κ2) is 6.99. The second-order valence-corrected chi connectivity index (χ2v) is 6.95. The zero-order chi connectivity index (χ0) is 18.9. The number of aryl methyl sites for hydroxylation is 1. The Kier molecular flexibility index (Phi) is 4.20. The minimum Gasteiger partial charge on any atom is -0.486 e. The van der Waals surface area contributed by atoms with Crippen molar-refractivity contribution >= 4 is 17.3 Å². The van der Waals surface area contributed by atoms with Gasteiger partial charge in [0.15, 0.2) is 11.5 Å². The number of hydrogen-bond donors (Lipinski definition) is 1. The van der Waals surface area contributed by atoms with Gasteiger partial charge in [0.2, 0.25) is 0 Å². The largest absolute Gasteiger partial charge is 0.486 e. The van der Waals surface area contributed by atoms with Crippen molar-refractivity contribution in [1.29, 1.82) is 0 Å². The Labute approximate surface area is 163 Å². The highest BCUT2D eigenvalue weighted by Gasteiger charge is 2.23. The molecule has 0 bridgehead atoms. The summed E-state index contributed by atoms with van der Waals surface area (Å²) < 4.78 is 11.3. The number of rotatable bonds is 3. The Balaban J connectivity index is 1.44. The summed E-state index contributed by atoms with van der Waals surface area (Å²) in [4.78, 5) is 15.9. The highest BCUT2D eigenvalue weighted by atomic mass is 16.6. The molecule has 0 unspecified atom stereocenters. The van der Waals surface area contributed by atoms with Gasteiger partial charge < -0.3 is 19.7 Å². The highest BCUT2D eigenvalue weighted by Crippen LogP contribution is 2.35. The van der Waals surface area contributed by atoms with Gasteiger partial charge in [-0.1, -0.05) is 6.07 Å². The molecule has 0 saturated carbocycles. The standard InChI is InChI=1S/C21H21N5O2/c1-14-3-2-7-22-21(14)26-8-6-17-16(12-26)20(24-13-23-17)25-15-4-5-18-19(11-15)28-10-9-27-18/h2-5,7,11,13H,6,8-10,12H2,1H3,(H,23,24,25). The van der Waals surface area contributed by atoms with Gasteiger partial charge in [-0.25, -0.2) is 15.0 Å². The van der Waals surface area contributed by atoms with E-state index in [9.17, 15) is 0 Å². The highest BCUT2D eigenvalue weighted by molar-refractivity contribution is 5.65. The van der Waals surface area contributed by atoms with Gasteiger partial charge in [-0.05, 0) is 30.7 Å². The summed E-state index contributed by atoms with van der Waals surface area (Å²) in [6, 6.07) is 9.91. The van der Waals surface area contributed by atoms with Gasteiger partial charge in [0, 0.05) is 43.0 Å². The molecule has 0 spiro atoms. The summed E-state index contributed by atoms with van der Waals surface area (Å²) in [7, 11) is 0. The van der Waals surface area contributed by atoms with Gasteiger partial charge in [-0.3, -0.25) is 0 Å². The lowest BCUT2D eigenvalue weighted by Gasteiger charge is -2.31. The molecule has 2 aromatic heterocycles. The molecule has 3 aromatic rings. The first-order chi connectivity index (χ1) is 13.8. The first kappa shape index (κ1) is 16.8. The molecule has 28 heavy (non-hydrogen) atoms. The van der Waals surface area contributed by atoms with E-state index in [-0.39, 0.29) is 0 Å². The van der Waals surface area contributed by atoms with Gasteiger partial charge >= 0.3 is 0 Å². The lowest BCUT2D eigenvalue weighted by molar-refractivity contribution is 0.171. The smallest absolute Gasteiger partial charge is 0.163 e. The number of fused-ring (bicyclic) bond motifs is 2. The van der Waals surface area contributed by atoms with Crippen molar-refractivity contribution in [2.75, 3.05) is 30.0 Å². The van der Waals surface area contributed by atoms with Gasteiger partial charge in [-0.2, -0.15) is 0 Å². The summed E-state index contributed by atoms with van der Waals surface area (Å²) in [5.41, 5.74) is 4.27. The number of ether oxygens (including phenoxy) is 2. The molecular weight excluding hydrogens is 354 g/mol. The van der Waals surface area contributed by atoms with E-state index in [0.29, 0.717) is 13.2 Å². The van der Waals surface area contributed by atoms with Crippen LogP contribution in [0.5, 0.6) is 11.5 Å². The van der Waals surface area contributed by atoms with Gasteiger partial charge in [0.05, 0.1) is 5.69 Å². The molecule has 0 saturated heterocycles. The number of pyridine rings is 1. The molecule has 142 valence electrons. The quantitative estimate of drug-likeness (QED) is 0.753. The maximum atomic E-state index is 5.69. The van der Waals surface area contributed by atoms with Crippen LogP contribution in [0.4, 0.5) is 17.3 Å². The van der Waals surface area contributed by atoms with Gasteiger partial charge in [-0.15, -0.1) is 0 Å². The van der Waals surface area contributed by atoms with Crippen LogP contribution in [0.3, 0.4) is 0 Å². The van der Waals surface area contributed by atoms with Crippen LogP contribution in [0.25, 0.3) is 0 Å². The predicted molar refractivity (Wildman–Crippen MR) is 106 cm³/mol. The third-order valence-corrected chi connectivity index (χ3v) is 5.09. The predicted octanol–water partition coefficient (Wildman–Crippen LogP) is 3.26. The number of hydrogen-bond acceptors (Lipinski definition) is 7. The van der Waals surface area contributed by atoms with Crippen molar-refractivity contribution < 1.29 is 9.47 Å². The van der Waals surface area contributed by atoms with E-state index < -0.39 is 0 Å². The summed E-state index contributed by atoms with van der Waals surface area (Å²) in [6.07, 6.45) is 4.33. The van der Waals surface area contributed by atoms with Crippen LogP contribution in [-0.4, -0.2) is 34.7 Å². The second-order valence-electron chi connectivity index (χ2n) is 6.95. The number of nitrogens with zero attached hydrogens (tertiary/aromatic N) is 4. The Bertz CT molecular complexity index is 1020. The lowest BCUT2D eigenvalue weighted by atomic mass is 10.1. The van der Waals surface area contributed by atoms with Crippen LogP contribution in [0.2, 0.25) is 0 Å². The average Bonchev–Trinajstić information content (AvgIpc) is 2.74. The number of nitrogens with one attached hydrogen (secondary N) is 1. The Morgan fingerprint density at radius 3 is 2.82 bits per heavy atom. The zero-order valence-electron chi connectivity index (χ0n) is 15.7. The van der Waals surface area contributed by atoms with Crippen LogP contribution in [0, 0.1) is 6.92 Å². The number of aromatic nitrogens is 3. The van der Waals surface area contributed by atoms with Gasteiger partial charge in [0.25, 0.3) is 0 Å². The molecule has 0 amide bonds. The molecule has 0 fully saturated rings. The first-order valence-corrected chi connectivity index (χ1v) is 9.44. The summed E-state index contributed by atoms with van der Waals surface area (Å²) in [5, 5.41) is 3.44. The lowest BCUT2D eigenvalue weighted by Crippen LogP contribution is -2.32. The van der Waals surface area contributed by atoms with Crippen LogP contribution >= 0.6 is 0 Å². The third-order valence-electron chi connectivity index (χ3n) is 5.09. The van der Waals surface area contributed by atoms with E-state index in [1.165, 1.54) is 5.56 Å². The fraction of sp³-hybridized carbons (Fsp3) is 0.286. The molecule has 7 nitrogen and oxygen atoms in total. The third kappa shape index (κ3) is 3.09. The Morgan fingerprint density at radius 2 is 1.93 bits per heavy atom. The molecule has 2 aliphatic rings. The normalized spacial score (nSPS) is 15.1. The van der Waals surface area contributed by atoms with Crippen LogP contribution in [0.15, 0.2) is 42.9 Å². The van der Waals surface area contributed by atoms with Crippen LogP contribution in [0.1, 0.15) is 16.8 Å². The maximum Gasteiger partial charge on any atom is 0.163 e. The monoisotopic (exact) mass is 375 g/mol.